The second-order valence-corrected chi connectivity index (χ2v) is 4.77. The maximum absolute atomic E-state index is 5.57. The van der Waals surface area contributed by atoms with Gasteiger partial charge >= 0.3 is 6.01 Å². The minimum atomic E-state index is 0.131. The number of anilines is 2. The number of nitrogens with one attached hydrogen (secondary N) is 1. The van der Waals surface area contributed by atoms with Gasteiger partial charge in [0.2, 0.25) is 11.9 Å². The fraction of sp³-hybridized carbons (Fsp3) is 0.400. The van der Waals surface area contributed by atoms with E-state index in [9.17, 15) is 0 Å². The summed E-state index contributed by atoms with van der Waals surface area (Å²) < 4.78 is 5.19. The average molecular weight is 266 g/mol. The molecule has 0 unspecified atom stereocenters. The van der Waals surface area contributed by atoms with Gasteiger partial charge in [-0.15, -0.1) is 11.3 Å². The fourth-order valence-electron chi connectivity index (χ4n) is 1.28. The Morgan fingerprint density at radius 3 is 2.89 bits per heavy atom. The Labute approximate surface area is 108 Å². The van der Waals surface area contributed by atoms with E-state index in [-0.39, 0.29) is 12.0 Å². The minimum Gasteiger partial charge on any atom is -0.464 e. The summed E-state index contributed by atoms with van der Waals surface area (Å²) >= 11 is 1.62. The lowest BCUT2D eigenvalue weighted by Gasteiger charge is -2.05. The molecule has 0 saturated heterocycles. The largest absolute Gasteiger partial charge is 0.464 e. The monoisotopic (exact) mass is 266 g/mol. The van der Waals surface area contributed by atoms with Crippen LogP contribution in [0.5, 0.6) is 6.01 Å². The first-order valence-corrected chi connectivity index (χ1v) is 6.28. The first-order chi connectivity index (χ1) is 8.67. The third kappa shape index (κ3) is 3.27. The van der Waals surface area contributed by atoms with Crippen molar-refractivity contribution in [3.63, 3.8) is 0 Å². The van der Waals surface area contributed by atoms with Crippen molar-refractivity contribution in [3.05, 3.63) is 16.1 Å². The Balaban J connectivity index is 2.04. The second-order valence-electron chi connectivity index (χ2n) is 3.45. The average Bonchev–Trinajstić information content (AvgIpc) is 2.72. The molecule has 0 spiro atoms. The Kier molecular flexibility index (Phi) is 3.88. The number of thiazole rings is 1. The van der Waals surface area contributed by atoms with Crippen LogP contribution in [0.3, 0.4) is 0 Å². The van der Waals surface area contributed by atoms with Crippen LogP contribution < -0.4 is 15.8 Å². The van der Waals surface area contributed by atoms with Crippen molar-refractivity contribution in [2.24, 2.45) is 0 Å². The Morgan fingerprint density at radius 2 is 2.22 bits per heavy atom. The summed E-state index contributed by atoms with van der Waals surface area (Å²) in [5, 5.41) is 4.00. The Bertz CT molecular complexity index is 529. The zero-order valence-corrected chi connectivity index (χ0v) is 11.0. The topological polar surface area (TPSA) is 98.8 Å². The Hall–Kier alpha value is -1.96. The van der Waals surface area contributed by atoms with Gasteiger partial charge in [0.05, 0.1) is 13.2 Å². The predicted molar refractivity (Wildman–Crippen MR) is 69.6 cm³/mol. The molecule has 2 rings (SSSR count). The van der Waals surface area contributed by atoms with Crippen molar-refractivity contribution >= 4 is 23.2 Å². The first kappa shape index (κ1) is 12.5. The van der Waals surface area contributed by atoms with Crippen molar-refractivity contribution in [1.29, 1.82) is 0 Å². The van der Waals surface area contributed by atoms with Gasteiger partial charge in [0.15, 0.2) is 0 Å². The molecule has 0 amide bonds. The normalized spacial score (nSPS) is 10.3. The highest BCUT2D eigenvalue weighted by Gasteiger charge is 2.05. The lowest BCUT2D eigenvalue weighted by atomic mass is 10.6. The molecule has 0 aliphatic carbocycles. The van der Waals surface area contributed by atoms with E-state index in [1.54, 1.807) is 11.3 Å². The van der Waals surface area contributed by atoms with Crippen molar-refractivity contribution in [2.45, 2.75) is 20.4 Å². The maximum Gasteiger partial charge on any atom is 0.323 e. The molecule has 8 heteroatoms. The quantitative estimate of drug-likeness (QED) is 0.839. The van der Waals surface area contributed by atoms with E-state index < -0.39 is 0 Å². The van der Waals surface area contributed by atoms with Gasteiger partial charge < -0.3 is 15.8 Å². The van der Waals surface area contributed by atoms with E-state index in [2.05, 4.69) is 25.3 Å². The molecule has 2 aromatic rings. The molecule has 2 aromatic heterocycles. The third-order valence-electron chi connectivity index (χ3n) is 1.97. The maximum atomic E-state index is 5.57. The first-order valence-electron chi connectivity index (χ1n) is 5.47. The molecule has 96 valence electrons. The molecule has 3 N–H and O–H groups in total. The van der Waals surface area contributed by atoms with Gasteiger partial charge in [-0.2, -0.15) is 15.0 Å². The summed E-state index contributed by atoms with van der Waals surface area (Å²) in [7, 11) is 0. The van der Waals surface area contributed by atoms with Crippen LogP contribution in [0.2, 0.25) is 0 Å². The molecule has 0 aliphatic heterocycles. The highest BCUT2D eigenvalue weighted by molar-refractivity contribution is 7.11. The van der Waals surface area contributed by atoms with Gasteiger partial charge in [0, 0.05) is 11.1 Å². The van der Waals surface area contributed by atoms with Crippen LogP contribution in [0.15, 0.2) is 6.20 Å². The smallest absolute Gasteiger partial charge is 0.323 e. The van der Waals surface area contributed by atoms with Crippen molar-refractivity contribution in [3.8, 4) is 6.01 Å². The van der Waals surface area contributed by atoms with Crippen LogP contribution >= 0.6 is 11.3 Å². The summed E-state index contributed by atoms with van der Waals surface area (Å²) in [5.74, 6) is 0.519. The lowest BCUT2D eigenvalue weighted by Crippen LogP contribution is -2.09. The van der Waals surface area contributed by atoms with E-state index in [1.807, 2.05) is 20.0 Å². The minimum absolute atomic E-state index is 0.131. The summed E-state index contributed by atoms with van der Waals surface area (Å²) in [4.78, 5) is 17.3. The Morgan fingerprint density at radius 1 is 1.39 bits per heavy atom. The summed E-state index contributed by atoms with van der Waals surface area (Å²) in [6.45, 7) is 4.89. The summed E-state index contributed by atoms with van der Waals surface area (Å²) in [6, 6.07) is 0.225. The van der Waals surface area contributed by atoms with E-state index in [1.165, 1.54) is 0 Å². The highest BCUT2D eigenvalue weighted by Crippen LogP contribution is 2.14. The fourth-order valence-corrected chi connectivity index (χ4v) is 2.01. The molecule has 0 fully saturated rings. The van der Waals surface area contributed by atoms with Crippen LogP contribution in [0.25, 0.3) is 0 Å². The van der Waals surface area contributed by atoms with E-state index >= 15 is 0 Å². The number of hydrogen-bond donors (Lipinski definition) is 2. The van der Waals surface area contributed by atoms with Crippen LogP contribution in [-0.4, -0.2) is 26.5 Å². The molecule has 0 atom stereocenters. The molecule has 0 bridgehead atoms. The standard InChI is InChI=1S/C10H14N6OS/c1-3-17-10-15-8(11)14-9(16-10)13-5-7-12-4-6(2)18-7/h4H,3,5H2,1-2H3,(H3,11,13,14,15,16). The number of hydrogen-bond acceptors (Lipinski definition) is 8. The van der Waals surface area contributed by atoms with Gasteiger partial charge in [-0.05, 0) is 13.8 Å². The predicted octanol–water partition coefficient (Wildman–Crippen LogP) is 1.23. The second kappa shape index (κ2) is 5.58. The third-order valence-corrected chi connectivity index (χ3v) is 2.89. The van der Waals surface area contributed by atoms with Crippen molar-refractivity contribution in [2.75, 3.05) is 17.7 Å². The van der Waals surface area contributed by atoms with Gasteiger partial charge in [0.25, 0.3) is 0 Å². The van der Waals surface area contributed by atoms with Crippen LogP contribution in [-0.2, 0) is 6.54 Å². The van der Waals surface area contributed by atoms with Gasteiger partial charge in [-0.25, -0.2) is 4.98 Å². The van der Waals surface area contributed by atoms with Crippen molar-refractivity contribution in [1.82, 2.24) is 19.9 Å². The number of aryl methyl sites for hydroxylation is 1. The van der Waals surface area contributed by atoms with E-state index in [0.717, 1.165) is 9.88 Å². The zero-order valence-electron chi connectivity index (χ0n) is 10.2. The molecule has 0 saturated carbocycles. The summed E-state index contributed by atoms with van der Waals surface area (Å²) in [6.07, 6.45) is 1.83. The van der Waals surface area contributed by atoms with Gasteiger partial charge in [0.1, 0.15) is 5.01 Å². The number of rotatable bonds is 5. The van der Waals surface area contributed by atoms with Crippen LogP contribution in [0, 0.1) is 6.92 Å². The number of nitrogen functional groups attached to an aromatic ring is 1. The van der Waals surface area contributed by atoms with Crippen LogP contribution in [0.1, 0.15) is 16.8 Å². The molecular formula is C10H14N6OS. The molecule has 2 heterocycles. The van der Waals surface area contributed by atoms with Gasteiger partial charge in [-0.3, -0.25) is 0 Å². The molecule has 0 aromatic carbocycles. The number of nitrogens with zero attached hydrogens (tertiary/aromatic N) is 4. The number of nitrogens with two attached hydrogens (primary N) is 1. The number of ether oxygens (including phenoxy) is 1. The van der Waals surface area contributed by atoms with Crippen LogP contribution in [0.4, 0.5) is 11.9 Å². The van der Waals surface area contributed by atoms with E-state index in [4.69, 9.17) is 10.5 Å². The lowest BCUT2D eigenvalue weighted by molar-refractivity contribution is 0.312. The van der Waals surface area contributed by atoms with E-state index in [0.29, 0.717) is 19.1 Å². The highest BCUT2D eigenvalue weighted by atomic mass is 32.1. The molecule has 18 heavy (non-hydrogen) atoms. The summed E-state index contributed by atoms with van der Waals surface area (Å²) in [5.41, 5.74) is 5.57. The van der Waals surface area contributed by atoms with Crippen molar-refractivity contribution < 1.29 is 4.74 Å². The number of aromatic nitrogens is 4. The molecule has 0 radical (unpaired) electrons. The van der Waals surface area contributed by atoms with Gasteiger partial charge in [-0.1, -0.05) is 0 Å². The molecular weight excluding hydrogens is 252 g/mol. The zero-order chi connectivity index (χ0) is 13.0. The molecule has 7 nitrogen and oxygen atoms in total. The SMILES string of the molecule is CCOc1nc(N)nc(NCc2ncc(C)s2)n1. The molecule has 0 aliphatic rings.